The van der Waals surface area contributed by atoms with Gasteiger partial charge in [-0.25, -0.2) is 4.79 Å². The van der Waals surface area contributed by atoms with Gasteiger partial charge in [0.05, 0.1) is 6.04 Å². The number of para-hydroxylation sites is 1. The van der Waals surface area contributed by atoms with Crippen molar-refractivity contribution in [3.05, 3.63) is 30.3 Å². The molecule has 5 heteroatoms. The van der Waals surface area contributed by atoms with Crippen molar-refractivity contribution in [3.8, 4) is 0 Å². The van der Waals surface area contributed by atoms with Crippen LogP contribution in [-0.4, -0.2) is 30.1 Å². The molecule has 3 amide bonds. The molecule has 0 unspecified atom stereocenters. The minimum Gasteiger partial charge on any atom is -0.334 e. The smallest absolute Gasteiger partial charge is 0.315 e. The van der Waals surface area contributed by atoms with Gasteiger partial charge in [-0.3, -0.25) is 4.79 Å². The first-order chi connectivity index (χ1) is 9.35. The molecule has 2 N–H and O–H groups in total. The highest BCUT2D eigenvalue weighted by molar-refractivity contribution is 5.96. The second-order valence-electron chi connectivity index (χ2n) is 6.09. The summed E-state index contributed by atoms with van der Waals surface area (Å²) in [7, 11) is 0. The number of amides is 3. The molecule has 1 aliphatic heterocycles. The molecule has 1 aromatic carbocycles. The van der Waals surface area contributed by atoms with Gasteiger partial charge >= 0.3 is 6.03 Å². The molecule has 108 valence electrons. The molecule has 1 saturated heterocycles. The lowest BCUT2D eigenvalue weighted by Crippen LogP contribution is -2.50. The van der Waals surface area contributed by atoms with Crippen molar-refractivity contribution >= 4 is 17.6 Å². The molecule has 0 spiro atoms. The Morgan fingerprint density at radius 2 is 1.90 bits per heavy atom. The first kappa shape index (κ1) is 14.4. The number of carbonyl (C=O) groups excluding carboxylic acids is 2. The summed E-state index contributed by atoms with van der Waals surface area (Å²) >= 11 is 0. The third kappa shape index (κ3) is 3.73. The van der Waals surface area contributed by atoms with E-state index in [4.69, 9.17) is 0 Å². The van der Waals surface area contributed by atoms with Crippen LogP contribution in [0.25, 0.3) is 0 Å². The summed E-state index contributed by atoms with van der Waals surface area (Å²) < 4.78 is 0. The second kappa shape index (κ2) is 5.53. The normalized spacial score (nSPS) is 19.1. The minimum atomic E-state index is -0.286. The van der Waals surface area contributed by atoms with Crippen LogP contribution in [0.1, 0.15) is 27.2 Å². The molecular formula is C15H21N3O2. The van der Waals surface area contributed by atoms with Gasteiger partial charge in [0.15, 0.2) is 0 Å². The predicted molar refractivity (Wildman–Crippen MR) is 78.6 cm³/mol. The summed E-state index contributed by atoms with van der Waals surface area (Å²) in [6.45, 7) is 6.27. The highest BCUT2D eigenvalue weighted by Crippen LogP contribution is 2.20. The van der Waals surface area contributed by atoms with E-state index < -0.39 is 0 Å². The lowest BCUT2D eigenvalue weighted by molar-refractivity contribution is -0.117. The van der Waals surface area contributed by atoms with E-state index in [1.54, 1.807) is 4.90 Å². The molecule has 0 radical (unpaired) electrons. The number of hydrogen-bond donors (Lipinski definition) is 2. The van der Waals surface area contributed by atoms with Crippen molar-refractivity contribution in [1.29, 1.82) is 0 Å². The zero-order valence-corrected chi connectivity index (χ0v) is 12.1. The number of rotatable bonds is 2. The number of urea groups is 1. The fraction of sp³-hybridized carbons (Fsp3) is 0.467. The molecule has 1 atom stereocenters. The first-order valence-electron chi connectivity index (χ1n) is 6.79. The Morgan fingerprint density at radius 1 is 1.25 bits per heavy atom. The van der Waals surface area contributed by atoms with Gasteiger partial charge in [-0.1, -0.05) is 18.2 Å². The lowest BCUT2D eigenvalue weighted by Gasteiger charge is -2.22. The van der Waals surface area contributed by atoms with E-state index in [-0.39, 0.29) is 23.5 Å². The number of carbonyl (C=O) groups is 2. The lowest BCUT2D eigenvalue weighted by atomic mass is 10.1. The van der Waals surface area contributed by atoms with Crippen LogP contribution in [0.4, 0.5) is 10.5 Å². The van der Waals surface area contributed by atoms with E-state index in [0.717, 1.165) is 5.69 Å². The summed E-state index contributed by atoms with van der Waals surface area (Å²) in [4.78, 5) is 25.5. The van der Waals surface area contributed by atoms with E-state index >= 15 is 0 Å². The molecule has 2 rings (SSSR count). The van der Waals surface area contributed by atoms with Crippen LogP contribution in [0, 0.1) is 0 Å². The van der Waals surface area contributed by atoms with Crippen molar-refractivity contribution in [2.75, 3.05) is 11.4 Å². The summed E-state index contributed by atoms with van der Waals surface area (Å²) in [5.41, 5.74) is 0.587. The molecule has 0 saturated carbocycles. The summed E-state index contributed by atoms with van der Waals surface area (Å²) in [5.74, 6) is 0.0391. The highest BCUT2D eigenvalue weighted by atomic mass is 16.2. The van der Waals surface area contributed by atoms with Gasteiger partial charge < -0.3 is 15.5 Å². The molecule has 1 fully saturated rings. The number of hydrogen-bond acceptors (Lipinski definition) is 2. The average Bonchev–Trinajstić information content (AvgIpc) is 2.68. The maximum absolute atomic E-state index is 12.0. The Balaban J connectivity index is 1.94. The van der Waals surface area contributed by atoms with Gasteiger partial charge in [0.25, 0.3) is 0 Å². The van der Waals surface area contributed by atoms with Crippen LogP contribution in [0.15, 0.2) is 30.3 Å². The molecule has 5 nitrogen and oxygen atoms in total. The fourth-order valence-electron chi connectivity index (χ4n) is 2.22. The van der Waals surface area contributed by atoms with Crippen LogP contribution in [0.3, 0.4) is 0 Å². The molecule has 1 aromatic rings. The highest BCUT2D eigenvalue weighted by Gasteiger charge is 2.31. The second-order valence-corrected chi connectivity index (χ2v) is 6.09. The van der Waals surface area contributed by atoms with Gasteiger partial charge in [0.1, 0.15) is 0 Å². The van der Waals surface area contributed by atoms with Crippen LogP contribution >= 0.6 is 0 Å². The Morgan fingerprint density at radius 3 is 2.50 bits per heavy atom. The molecule has 0 bridgehead atoms. The number of anilines is 1. The summed E-state index contributed by atoms with van der Waals surface area (Å²) in [5, 5.41) is 5.69. The van der Waals surface area contributed by atoms with Gasteiger partial charge in [0.2, 0.25) is 5.91 Å². The van der Waals surface area contributed by atoms with Crippen molar-refractivity contribution in [2.45, 2.75) is 38.8 Å². The maximum atomic E-state index is 12.0. The van der Waals surface area contributed by atoms with E-state index in [9.17, 15) is 9.59 Å². The van der Waals surface area contributed by atoms with Gasteiger partial charge in [0, 0.05) is 24.2 Å². The molecule has 0 aliphatic carbocycles. The topological polar surface area (TPSA) is 61.4 Å². The average molecular weight is 275 g/mol. The molecule has 0 aromatic heterocycles. The van der Waals surface area contributed by atoms with E-state index in [0.29, 0.717) is 13.0 Å². The zero-order valence-electron chi connectivity index (χ0n) is 12.1. The van der Waals surface area contributed by atoms with E-state index in [1.807, 2.05) is 51.1 Å². The van der Waals surface area contributed by atoms with Crippen molar-refractivity contribution in [2.24, 2.45) is 0 Å². The molecular weight excluding hydrogens is 254 g/mol. The largest absolute Gasteiger partial charge is 0.334 e. The van der Waals surface area contributed by atoms with Gasteiger partial charge in [-0.15, -0.1) is 0 Å². The number of benzene rings is 1. The molecule has 1 heterocycles. The third-order valence-corrected chi connectivity index (χ3v) is 3.02. The van der Waals surface area contributed by atoms with Gasteiger partial charge in [-0.05, 0) is 32.9 Å². The maximum Gasteiger partial charge on any atom is 0.315 e. The Hall–Kier alpha value is -2.04. The quantitative estimate of drug-likeness (QED) is 0.866. The Labute approximate surface area is 119 Å². The monoisotopic (exact) mass is 275 g/mol. The van der Waals surface area contributed by atoms with Crippen molar-refractivity contribution in [3.63, 3.8) is 0 Å². The van der Waals surface area contributed by atoms with Crippen LogP contribution < -0.4 is 15.5 Å². The van der Waals surface area contributed by atoms with Gasteiger partial charge in [-0.2, -0.15) is 0 Å². The van der Waals surface area contributed by atoms with Crippen LogP contribution in [0.2, 0.25) is 0 Å². The van der Waals surface area contributed by atoms with Crippen LogP contribution in [0.5, 0.6) is 0 Å². The van der Waals surface area contributed by atoms with Crippen LogP contribution in [-0.2, 0) is 4.79 Å². The zero-order chi connectivity index (χ0) is 14.8. The summed E-state index contributed by atoms with van der Waals surface area (Å²) in [6, 6.07) is 9.13. The Bertz CT molecular complexity index is 494. The Kier molecular flexibility index (Phi) is 3.97. The fourth-order valence-corrected chi connectivity index (χ4v) is 2.22. The minimum absolute atomic E-state index is 0.0391. The summed E-state index contributed by atoms with van der Waals surface area (Å²) in [6.07, 6.45) is 0.340. The molecule has 20 heavy (non-hydrogen) atoms. The standard InChI is InChI=1S/C15H21N3O2/c1-15(2,3)17-14(20)16-11-9-13(19)18(10-11)12-7-5-4-6-8-12/h4-8,11H,9-10H2,1-3H3,(H2,16,17,20)/t11-/m1/s1. The number of nitrogens with one attached hydrogen (secondary N) is 2. The number of nitrogens with zero attached hydrogens (tertiary/aromatic N) is 1. The predicted octanol–water partition coefficient (Wildman–Crippen LogP) is 1.89. The third-order valence-electron chi connectivity index (χ3n) is 3.02. The van der Waals surface area contributed by atoms with E-state index in [1.165, 1.54) is 0 Å². The first-order valence-corrected chi connectivity index (χ1v) is 6.79. The van der Waals surface area contributed by atoms with Crippen molar-refractivity contribution < 1.29 is 9.59 Å². The van der Waals surface area contributed by atoms with Crippen molar-refractivity contribution in [1.82, 2.24) is 10.6 Å². The van der Waals surface area contributed by atoms with E-state index in [2.05, 4.69) is 10.6 Å². The SMILES string of the molecule is CC(C)(C)NC(=O)N[C@@H]1CC(=O)N(c2ccccc2)C1. The molecule has 1 aliphatic rings.